The van der Waals surface area contributed by atoms with Gasteiger partial charge in [0, 0.05) is 22.5 Å². The van der Waals surface area contributed by atoms with E-state index in [0.29, 0.717) is 0 Å². The Morgan fingerprint density at radius 1 is 0.605 bits per heavy atom. The second-order valence-corrected chi connectivity index (χ2v) is 12.9. The number of allylic oxidation sites excluding steroid dienone is 4. The maximum absolute atomic E-state index is 5.10. The summed E-state index contributed by atoms with van der Waals surface area (Å²) in [5, 5.41) is 0. The van der Waals surface area contributed by atoms with Crippen LogP contribution in [-0.2, 0) is 10.8 Å². The number of hydrogen-bond donors (Lipinski definition) is 0. The van der Waals surface area contributed by atoms with Crippen LogP contribution in [0.5, 0.6) is 0 Å². The van der Waals surface area contributed by atoms with Crippen LogP contribution >= 0.6 is 0 Å². The van der Waals surface area contributed by atoms with Crippen molar-refractivity contribution in [2.45, 2.75) is 57.3 Å². The summed E-state index contributed by atoms with van der Waals surface area (Å²) in [6.45, 7) is 9.04. The quantitative estimate of drug-likeness (QED) is 0.218. The van der Waals surface area contributed by atoms with E-state index in [9.17, 15) is 0 Å². The minimum absolute atomic E-state index is 0.173. The highest BCUT2D eigenvalue weighted by Crippen LogP contribution is 2.62. The lowest BCUT2D eigenvalue weighted by atomic mass is 9.55. The Bertz CT molecular complexity index is 1950. The Labute approximate surface area is 254 Å². The predicted molar refractivity (Wildman–Crippen MR) is 175 cm³/mol. The van der Waals surface area contributed by atoms with Gasteiger partial charge in [0.05, 0.1) is 5.41 Å². The number of hydrogen-bond acceptors (Lipinski definition) is 3. The zero-order valence-electron chi connectivity index (χ0n) is 25.2. The summed E-state index contributed by atoms with van der Waals surface area (Å²) >= 11 is 0. The molecule has 8 rings (SSSR count). The fraction of sp³-hybridized carbons (Fsp3) is 0.225. The SMILES string of the molecule is CC(C)c1nc(C2=CCCC=C2)nc(-c2ccc3c(c2)C2(c4ccccc4-c4ccccc42)c2ccccc2C3(C)C)n1. The normalized spacial score (nSPS) is 16.8. The summed E-state index contributed by atoms with van der Waals surface area (Å²) < 4.78 is 0. The van der Waals surface area contributed by atoms with E-state index in [4.69, 9.17) is 15.0 Å². The van der Waals surface area contributed by atoms with Gasteiger partial charge >= 0.3 is 0 Å². The first-order valence-corrected chi connectivity index (χ1v) is 15.5. The molecule has 5 aromatic rings. The molecule has 3 aliphatic rings. The van der Waals surface area contributed by atoms with Crippen molar-refractivity contribution in [2.75, 3.05) is 0 Å². The Hall–Kier alpha value is -4.63. The molecule has 4 aromatic carbocycles. The van der Waals surface area contributed by atoms with Crippen molar-refractivity contribution in [3.63, 3.8) is 0 Å². The molecule has 0 amide bonds. The first-order chi connectivity index (χ1) is 20.9. The van der Waals surface area contributed by atoms with Crippen molar-refractivity contribution in [3.05, 3.63) is 154 Å². The first-order valence-electron chi connectivity index (χ1n) is 15.5. The first kappa shape index (κ1) is 26.0. The lowest BCUT2D eigenvalue weighted by Gasteiger charge is -2.46. The van der Waals surface area contributed by atoms with E-state index in [1.807, 2.05) is 0 Å². The van der Waals surface area contributed by atoms with E-state index >= 15 is 0 Å². The van der Waals surface area contributed by atoms with Crippen LogP contribution in [0.25, 0.3) is 28.1 Å². The topological polar surface area (TPSA) is 38.7 Å². The predicted octanol–water partition coefficient (Wildman–Crippen LogP) is 9.40. The van der Waals surface area contributed by atoms with Crippen LogP contribution in [0.4, 0.5) is 0 Å². The summed E-state index contributed by atoms with van der Waals surface area (Å²) in [6, 6.07) is 34.0. The van der Waals surface area contributed by atoms with Gasteiger partial charge in [-0.2, -0.15) is 0 Å². The molecule has 0 saturated heterocycles. The smallest absolute Gasteiger partial charge is 0.163 e. The highest BCUT2D eigenvalue weighted by molar-refractivity contribution is 5.89. The largest absolute Gasteiger partial charge is 0.213 e. The Kier molecular flexibility index (Phi) is 5.71. The van der Waals surface area contributed by atoms with Crippen LogP contribution < -0.4 is 0 Å². The monoisotopic (exact) mass is 557 g/mol. The van der Waals surface area contributed by atoms with Crippen molar-refractivity contribution in [3.8, 4) is 22.5 Å². The van der Waals surface area contributed by atoms with Gasteiger partial charge in [-0.15, -0.1) is 0 Å². The van der Waals surface area contributed by atoms with Gasteiger partial charge in [-0.25, -0.2) is 15.0 Å². The number of rotatable bonds is 3. The van der Waals surface area contributed by atoms with E-state index in [2.05, 4.69) is 137 Å². The molecule has 3 nitrogen and oxygen atoms in total. The summed E-state index contributed by atoms with van der Waals surface area (Å²) in [6.07, 6.45) is 8.69. The summed E-state index contributed by atoms with van der Waals surface area (Å²) in [5.41, 5.74) is 12.2. The standard InChI is InChI=1S/C40H35N3/c1-25(2)36-41-37(26-14-6-5-7-15-26)43-38(42-36)27-22-23-33-35(24-27)40(34-21-13-12-20-32(34)39(33,3)4)30-18-10-8-16-28(30)29-17-9-11-19-31(29)40/h6,8-25H,5,7H2,1-4H3. The summed E-state index contributed by atoms with van der Waals surface area (Å²) in [5.74, 6) is 2.52. The molecule has 0 aliphatic heterocycles. The molecule has 0 bridgehead atoms. The molecule has 0 N–H and O–H groups in total. The molecular weight excluding hydrogens is 522 g/mol. The molecule has 1 heterocycles. The minimum atomic E-state index is -0.435. The van der Waals surface area contributed by atoms with E-state index < -0.39 is 5.41 Å². The molecule has 0 radical (unpaired) electrons. The lowest BCUT2D eigenvalue weighted by Crippen LogP contribution is -2.40. The molecule has 1 aromatic heterocycles. The summed E-state index contributed by atoms with van der Waals surface area (Å²) in [4.78, 5) is 15.1. The van der Waals surface area contributed by atoms with Crippen LogP contribution in [0.1, 0.15) is 91.5 Å². The fourth-order valence-corrected chi connectivity index (χ4v) is 7.69. The highest BCUT2D eigenvalue weighted by atomic mass is 15.0. The third kappa shape index (κ3) is 3.64. The zero-order valence-corrected chi connectivity index (χ0v) is 25.2. The molecule has 43 heavy (non-hydrogen) atoms. The van der Waals surface area contributed by atoms with Gasteiger partial charge < -0.3 is 0 Å². The average molecular weight is 558 g/mol. The number of fused-ring (bicyclic) bond motifs is 9. The minimum Gasteiger partial charge on any atom is -0.213 e. The molecule has 1 spiro atoms. The van der Waals surface area contributed by atoms with Crippen LogP contribution in [-0.4, -0.2) is 15.0 Å². The molecular formula is C40H35N3. The Morgan fingerprint density at radius 2 is 1.21 bits per heavy atom. The number of benzene rings is 4. The van der Waals surface area contributed by atoms with Crippen molar-refractivity contribution >= 4 is 5.57 Å². The van der Waals surface area contributed by atoms with Gasteiger partial charge in [0.1, 0.15) is 5.82 Å². The number of aromatic nitrogens is 3. The Morgan fingerprint density at radius 3 is 1.86 bits per heavy atom. The van der Waals surface area contributed by atoms with Crippen molar-refractivity contribution in [2.24, 2.45) is 0 Å². The molecule has 0 saturated carbocycles. The second kappa shape index (κ2) is 9.44. The van der Waals surface area contributed by atoms with E-state index in [1.165, 1.54) is 44.5 Å². The van der Waals surface area contributed by atoms with Crippen LogP contribution in [0.3, 0.4) is 0 Å². The van der Waals surface area contributed by atoms with E-state index in [0.717, 1.165) is 41.5 Å². The van der Waals surface area contributed by atoms with E-state index in [1.54, 1.807) is 0 Å². The van der Waals surface area contributed by atoms with Gasteiger partial charge in [-0.3, -0.25) is 0 Å². The van der Waals surface area contributed by atoms with Crippen LogP contribution in [0, 0.1) is 0 Å². The van der Waals surface area contributed by atoms with Crippen molar-refractivity contribution < 1.29 is 0 Å². The third-order valence-electron chi connectivity index (χ3n) is 9.73. The molecule has 3 aliphatic carbocycles. The van der Waals surface area contributed by atoms with Gasteiger partial charge in [-0.1, -0.05) is 131 Å². The van der Waals surface area contributed by atoms with Crippen LogP contribution in [0.2, 0.25) is 0 Å². The zero-order chi connectivity index (χ0) is 29.3. The highest BCUT2D eigenvalue weighted by Gasteiger charge is 2.53. The van der Waals surface area contributed by atoms with Gasteiger partial charge in [0.15, 0.2) is 11.6 Å². The molecule has 0 unspecified atom stereocenters. The fourth-order valence-electron chi connectivity index (χ4n) is 7.69. The Balaban J connectivity index is 1.45. The van der Waals surface area contributed by atoms with Gasteiger partial charge in [0.25, 0.3) is 0 Å². The molecule has 3 heteroatoms. The van der Waals surface area contributed by atoms with Gasteiger partial charge in [-0.05, 0) is 63.4 Å². The van der Waals surface area contributed by atoms with Gasteiger partial charge in [0.2, 0.25) is 0 Å². The van der Waals surface area contributed by atoms with Crippen molar-refractivity contribution in [1.29, 1.82) is 0 Å². The molecule has 0 fully saturated rings. The average Bonchev–Trinajstić information content (AvgIpc) is 3.35. The van der Waals surface area contributed by atoms with E-state index in [-0.39, 0.29) is 11.3 Å². The lowest BCUT2D eigenvalue weighted by molar-refractivity contribution is 0.563. The maximum atomic E-state index is 5.10. The van der Waals surface area contributed by atoms with Crippen molar-refractivity contribution in [1.82, 2.24) is 15.0 Å². The third-order valence-corrected chi connectivity index (χ3v) is 9.73. The maximum Gasteiger partial charge on any atom is 0.163 e. The molecule has 210 valence electrons. The van der Waals surface area contributed by atoms with Crippen LogP contribution in [0.15, 0.2) is 109 Å². The second-order valence-electron chi connectivity index (χ2n) is 12.9. The molecule has 0 atom stereocenters. The summed E-state index contributed by atoms with van der Waals surface area (Å²) in [7, 11) is 0. The number of nitrogens with zero attached hydrogens (tertiary/aromatic N) is 3.